The molecule has 0 bridgehead atoms. The fourth-order valence-electron chi connectivity index (χ4n) is 1.96. The zero-order chi connectivity index (χ0) is 18.1. The fourth-order valence-corrected chi connectivity index (χ4v) is 1.96. The first-order valence-corrected chi connectivity index (χ1v) is 7.62. The number of hydrogen-bond acceptors (Lipinski definition) is 3. The third-order valence-electron chi connectivity index (χ3n) is 3.12. The van der Waals surface area contributed by atoms with Crippen molar-refractivity contribution in [2.24, 2.45) is 0 Å². The standard InChI is InChI=1S/C19H19N3O3/c1-14(23)21-16-7-5-15(6-8-16)4-3-13-20-19(24)22-17-9-11-18(25-2)12-10-17/h5-12H,13H2,1-2H3,(H,21,23)(H2,20,22,24). The summed E-state index contributed by atoms with van der Waals surface area (Å²) in [6, 6.07) is 13.8. The van der Waals surface area contributed by atoms with E-state index in [0.29, 0.717) is 5.69 Å². The number of anilines is 2. The second kappa shape index (κ2) is 8.99. The Labute approximate surface area is 146 Å². The zero-order valence-corrected chi connectivity index (χ0v) is 14.1. The molecule has 2 aromatic rings. The first-order valence-electron chi connectivity index (χ1n) is 7.62. The molecule has 0 aromatic heterocycles. The van der Waals surface area contributed by atoms with E-state index in [1.165, 1.54) is 6.92 Å². The van der Waals surface area contributed by atoms with Gasteiger partial charge in [-0.2, -0.15) is 0 Å². The first-order chi connectivity index (χ1) is 12.1. The van der Waals surface area contributed by atoms with E-state index < -0.39 is 0 Å². The normalized spacial score (nSPS) is 9.36. The van der Waals surface area contributed by atoms with Gasteiger partial charge in [0.2, 0.25) is 5.91 Å². The topological polar surface area (TPSA) is 79.5 Å². The summed E-state index contributed by atoms with van der Waals surface area (Å²) >= 11 is 0. The maximum atomic E-state index is 11.8. The second-order valence-corrected chi connectivity index (χ2v) is 5.10. The fraction of sp³-hybridized carbons (Fsp3) is 0.158. The van der Waals surface area contributed by atoms with Gasteiger partial charge in [0.1, 0.15) is 5.75 Å². The van der Waals surface area contributed by atoms with Gasteiger partial charge in [0.25, 0.3) is 0 Å². The zero-order valence-electron chi connectivity index (χ0n) is 14.1. The Morgan fingerprint density at radius 1 is 0.960 bits per heavy atom. The molecule has 0 spiro atoms. The lowest BCUT2D eigenvalue weighted by atomic mass is 10.2. The van der Waals surface area contributed by atoms with Crippen molar-refractivity contribution in [3.05, 3.63) is 54.1 Å². The average Bonchev–Trinajstić information content (AvgIpc) is 2.60. The lowest BCUT2D eigenvalue weighted by Crippen LogP contribution is -2.28. The minimum Gasteiger partial charge on any atom is -0.497 e. The van der Waals surface area contributed by atoms with Crippen LogP contribution in [0.25, 0.3) is 0 Å². The van der Waals surface area contributed by atoms with Crippen LogP contribution < -0.4 is 20.7 Å². The van der Waals surface area contributed by atoms with Crippen LogP contribution in [0, 0.1) is 11.8 Å². The average molecular weight is 337 g/mol. The van der Waals surface area contributed by atoms with Gasteiger partial charge in [0.15, 0.2) is 0 Å². The predicted molar refractivity (Wildman–Crippen MR) is 97.6 cm³/mol. The molecule has 6 heteroatoms. The van der Waals surface area contributed by atoms with Gasteiger partial charge in [-0.05, 0) is 48.5 Å². The summed E-state index contributed by atoms with van der Waals surface area (Å²) in [4.78, 5) is 22.7. The van der Waals surface area contributed by atoms with Gasteiger partial charge < -0.3 is 20.7 Å². The number of carbonyl (C=O) groups is 2. The van der Waals surface area contributed by atoms with Gasteiger partial charge in [-0.25, -0.2) is 4.79 Å². The largest absolute Gasteiger partial charge is 0.497 e. The molecule has 128 valence electrons. The van der Waals surface area contributed by atoms with Gasteiger partial charge in [-0.1, -0.05) is 11.8 Å². The molecule has 0 saturated carbocycles. The summed E-state index contributed by atoms with van der Waals surface area (Å²) in [5.74, 6) is 6.41. The minimum atomic E-state index is -0.333. The molecule has 0 heterocycles. The van der Waals surface area contributed by atoms with Crippen LogP contribution in [0.5, 0.6) is 5.75 Å². The Bertz CT molecular complexity index is 787. The smallest absolute Gasteiger partial charge is 0.319 e. The van der Waals surface area contributed by atoms with Crippen LogP contribution in [0.2, 0.25) is 0 Å². The quantitative estimate of drug-likeness (QED) is 0.751. The van der Waals surface area contributed by atoms with Crippen LogP contribution in [-0.2, 0) is 4.79 Å². The Balaban J connectivity index is 1.79. The highest BCUT2D eigenvalue weighted by atomic mass is 16.5. The molecule has 0 aliphatic rings. The summed E-state index contributed by atoms with van der Waals surface area (Å²) in [6.45, 7) is 1.67. The van der Waals surface area contributed by atoms with Crippen molar-refractivity contribution < 1.29 is 14.3 Å². The molecular formula is C19H19N3O3. The highest BCUT2D eigenvalue weighted by molar-refractivity contribution is 5.89. The number of amides is 3. The maximum absolute atomic E-state index is 11.8. The van der Waals surface area contributed by atoms with E-state index in [0.717, 1.165) is 17.0 Å². The SMILES string of the molecule is COc1ccc(NC(=O)NCC#Cc2ccc(NC(C)=O)cc2)cc1. The minimum absolute atomic E-state index is 0.120. The van der Waals surface area contributed by atoms with Crippen LogP contribution in [0.1, 0.15) is 12.5 Å². The van der Waals surface area contributed by atoms with Gasteiger partial charge in [0.05, 0.1) is 13.7 Å². The lowest BCUT2D eigenvalue weighted by Gasteiger charge is -2.06. The molecular weight excluding hydrogens is 318 g/mol. The Kier molecular flexibility index (Phi) is 6.43. The summed E-state index contributed by atoms with van der Waals surface area (Å²) < 4.78 is 5.05. The molecule has 6 nitrogen and oxygen atoms in total. The molecule has 2 aromatic carbocycles. The van der Waals surface area contributed by atoms with Crippen molar-refractivity contribution in [1.29, 1.82) is 0 Å². The summed E-state index contributed by atoms with van der Waals surface area (Å²) in [5.41, 5.74) is 2.18. The molecule has 0 saturated heterocycles. The van der Waals surface area contributed by atoms with Crippen LogP contribution in [0.3, 0.4) is 0 Å². The van der Waals surface area contributed by atoms with E-state index >= 15 is 0 Å². The van der Waals surface area contributed by atoms with Crippen LogP contribution in [0.15, 0.2) is 48.5 Å². The number of hydrogen-bond donors (Lipinski definition) is 3. The van der Waals surface area contributed by atoms with Gasteiger partial charge >= 0.3 is 6.03 Å². The Morgan fingerprint density at radius 2 is 1.56 bits per heavy atom. The summed E-state index contributed by atoms with van der Waals surface area (Å²) in [6.07, 6.45) is 0. The first kappa shape index (κ1) is 17.9. The Hall–Kier alpha value is -3.46. The monoisotopic (exact) mass is 337 g/mol. The third-order valence-corrected chi connectivity index (χ3v) is 3.12. The van der Waals surface area contributed by atoms with Crippen molar-refractivity contribution in [3.63, 3.8) is 0 Å². The maximum Gasteiger partial charge on any atom is 0.319 e. The van der Waals surface area contributed by atoms with E-state index in [1.807, 2.05) is 0 Å². The molecule has 0 radical (unpaired) electrons. The van der Waals surface area contributed by atoms with Crippen molar-refractivity contribution in [1.82, 2.24) is 5.32 Å². The van der Waals surface area contributed by atoms with Gasteiger partial charge in [-0.3, -0.25) is 4.79 Å². The predicted octanol–water partition coefficient (Wildman–Crippen LogP) is 2.83. The van der Waals surface area contributed by atoms with Crippen molar-refractivity contribution >= 4 is 23.3 Å². The van der Waals surface area contributed by atoms with Gasteiger partial charge in [-0.15, -0.1) is 0 Å². The van der Waals surface area contributed by atoms with E-state index in [4.69, 9.17) is 4.74 Å². The second-order valence-electron chi connectivity index (χ2n) is 5.10. The van der Waals surface area contributed by atoms with Crippen LogP contribution in [-0.4, -0.2) is 25.6 Å². The molecule has 2 rings (SSSR count). The molecule has 25 heavy (non-hydrogen) atoms. The number of methoxy groups -OCH3 is 1. The summed E-state index contributed by atoms with van der Waals surface area (Å²) in [7, 11) is 1.58. The van der Waals surface area contributed by atoms with Crippen molar-refractivity contribution in [3.8, 4) is 17.6 Å². The van der Waals surface area contributed by atoms with E-state index in [-0.39, 0.29) is 18.5 Å². The van der Waals surface area contributed by atoms with Gasteiger partial charge in [0, 0.05) is 23.9 Å². The molecule has 0 atom stereocenters. The van der Waals surface area contributed by atoms with Crippen molar-refractivity contribution in [2.45, 2.75) is 6.92 Å². The molecule has 0 fully saturated rings. The lowest BCUT2D eigenvalue weighted by molar-refractivity contribution is -0.114. The van der Waals surface area contributed by atoms with E-state index in [1.54, 1.807) is 55.6 Å². The number of carbonyl (C=O) groups excluding carboxylic acids is 2. The number of urea groups is 1. The molecule has 3 amide bonds. The third kappa shape index (κ3) is 6.28. The Morgan fingerprint density at radius 3 is 2.16 bits per heavy atom. The molecule has 0 aliphatic carbocycles. The van der Waals surface area contributed by atoms with E-state index in [9.17, 15) is 9.59 Å². The number of benzene rings is 2. The molecule has 0 aliphatic heterocycles. The molecule has 0 unspecified atom stereocenters. The highest BCUT2D eigenvalue weighted by Gasteiger charge is 2.00. The molecule has 3 N–H and O–H groups in total. The number of rotatable bonds is 4. The van der Waals surface area contributed by atoms with E-state index in [2.05, 4.69) is 27.8 Å². The highest BCUT2D eigenvalue weighted by Crippen LogP contribution is 2.14. The van der Waals surface area contributed by atoms with Crippen LogP contribution >= 0.6 is 0 Å². The number of ether oxygens (including phenoxy) is 1. The summed E-state index contributed by atoms with van der Waals surface area (Å²) in [5, 5.41) is 8.04. The van der Waals surface area contributed by atoms with Crippen LogP contribution in [0.4, 0.5) is 16.2 Å². The number of nitrogens with one attached hydrogen (secondary N) is 3. The van der Waals surface area contributed by atoms with Crippen molar-refractivity contribution in [2.75, 3.05) is 24.3 Å².